The van der Waals surface area contributed by atoms with Gasteiger partial charge in [0.2, 0.25) is 5.91 Å². The first-order chi connectivity index (χ1) is 5.13. The van der Waals surface area contributed by atoms with E-state index < -0.39 is 0 Å². The molecule has 0 spiro atoms. The summed E-state index contributed by atoms with van der Waals surface area (Å²) >= 11 is 0. The van der Waals surface area contributed by atoms with Gasteiger partial charge in [0.25, 0.3) is 0 Å². The van der Waals surface area contributed by atoms with Crippen molar-refractivity contribution in [2.75, 3.05) is 20.7 Å². The average Bonchev–Trinajstić information content (AvgIpc) is 2.33. The van der Waals surface area contributed by atoms with E-state index >= 15 is 0 Å². The molecular formula is C8H15NO2. The van der Waals surface area contributed by atoms with Crippen LogP contribution in [0.5, 0.6) is 0 Å². The molecular weight excluding hydrogens is 142 g/mol. The quantitative estimate of drug-likeness (QED) is 0.554. The second kappa shape index (κ2) is 3.22. The van der Waals surface area contributed by atoms with E-state index in [9.17, 15) is 4.79 Å². The van der Waals surface area contributed by atoms with Crippen LogP contribution >= 0.6 is 0 Å². The van der Waals surface area contributed by atoms with Gasteiger partial charge in [-0.25, -0.2) is 0 Å². The highest BCUT2D eigenvalue weighted by Gasteiger charge is 2.31. The van der Waals surface area contributed by atoms with Gasteiger partial charge in [0.15, 0.2) is 0 Å². The lowest BCUT2D eigenvalue weighted by molar-refractivity contribution is -0.134. The number of hydrogen-bond donors (Lipinski definition) is 0. The smallest absolute Gasteiger partial charge is 0.227 e. The maximum Gasteiger partial charge on any atom is 0.227 e. The Morgan fingerprint density at radius 3 is 2.55 bits per heavy atom. The first-order valence-corrected chi connectivity index (χ1v) is 3.95. The molecule has 0 N–H and O–H groups in total. The zero-order chi connectivity index (χ0) is 8.43. The summed E-state index contributed by atoms with van der Waals surface area (Å²) < 4.78 is 5.29. The summed E-state index contributed by atoms with van der Waals surface area (Å²) in [7, 11) is 3.57. The highest BCUT2D eigenvalue weighted by Crippen LogP contribution is 2.21. The fraction of sp³-hybridized carbons (Fsp3) is 0.875. The zero-order valence-corrected chi connectivity index (χ0v) is 7.33. The largest absolute Gasteiger partial charge is 0.378 e. The van der Waals surface area contributed by atoms with E-state index in [1.807, 2.05) is 6.92 Å². The molecule has 0 aromatic heterocycles. The van der Waals surface area contributed by atoms with Crippen LogP contribution in [0.25, 0.3) is 0 Å². The van der Waals surface area contributed by atoms with E-state index in [4.69, 9.17) is 4.74 Å². The topological polar surface area (TPSA) is 29.5 Å². The highest BCUT2D eigenvalue weighted by atomic mass is 16.5. The van der Waals surface area contributed by atoms with E-state index in [2.05, 4.69) is 0 Å². The first-order valence-electron chi connectivity index (χ1n) is 3.95. The van der Waals surface area contributed by atoms with Gasteiger partial charge in [0.1, 0.15) is 0 Å². The molecule has 0 bridgehead atoms. The second-order valence-corrected chi connectivity index (χ2v) is 3.20. The van der Waals surface area contributed by atoms with Crippen molar-refractivity contribution in [2.24, 2.45) is 5.92 Å². The summed E-state index contributed by atoms with van der Waals surface area (Å²) in [6.07, 6.45) is 0.975. The van der Waals surface area contributed by atoms with Gasteiger partial charge in [-0.3, -0.25) is 4.79 Å². The van der Waals surface area contributed by atoms with Crippen molar-refractivity contribution >= 4 is 5.91 Å². The fourth-order valence-electron chi connectivity index (χ4n) is 1.39. The van der Waals surface area contributed by atoms with Gasteiger partial charge < -0.3 is 9.64 Å². The Bertz CT molecular complexity index is 156. The molecule has 0 aromatic rings. The lowest BCUT2D eigenvalue weighted by Crippen LogP contribution is -2.33. The summed E-state index contributed by atoms with van der Waals surface area (Å²) in [6.45, 7) is 2.68. The minimum absolute atomic E-state index is 0.0880. The number of nitrogens with zero attached hydrogens (tertiary/aromatic N) is 1. The third-order valence-electron chi connectivity index (χ3n) is 2.13. The number of ether oxygens (including phenoxy) is 1. The molecule has 0 saturated carbocycles. The number of hydrogen-bond acceptors (Lipinski definition) is 2. The highest BCUT2D eigenvalue weighted by molar-refractivity contribution is 5.79. The number of rotatable bonds is 1. The molecule has 64 valence electrons. The van der Waals surface area contributed by atoms with Crippen molar-refractivity contribution in [3.63, 3.8) is 0 Å². The van der Waals surface area contributed by atoms with Crippen molar-refractivity contribution in [1.82, 2.24) is 4.90 Å². The molecule has 1 heterocycles. The Morgan fingerprint density at radius 2 is 2.18 bits per heavy atom. The van der Waals surface area contributed by atoms with E-state index in [-0.39, 0.29) is 17.9 Å². The minimum atomic E-state index is 0.0880. The molecule has 1 aliphatic heterocycles. The van der Waals surface area contributed by atoms with Gasteiger partial charge >= 0.3 is 0 Å². The molecule has 0 aliphatic carbocycles. The van der Waals surface area contributed by atoms with Crippen LogP contribution in [-0.2, 0) is 9.53 Å². The van der Waals surface area contributed by atoms with E-state index in [0.717, 1.165) is 13.0 Å². The average molecular weight is 157 g/mol. The Morgan fingerprint density at radius 1 is 1.55 bits per heavy atom. The molecule has 2 atom stereocenters. The van der Waals surface area contributed by atoms with Crippen molar-refractivity contribution in [3.8, 4) is 0 Å². The molecule has 11 heavy (non-hydrogen) atoms. The maximum absolute atomic E-state index is 11.4. The lowest BCUT2D eigenvalue weighted by Gasteiger charge is -2.17. The van der Waals surface area contributed by atoms with Crippen LogP contribution in [-0.4, -0.2) is 37.6 Å². The van der Waals surface area contributed by atoms with Crippen LogP contribution < -0.4 is 0 Å². The molecule has 1 saturated heterocycles. The van der Waals surface area contributed by atoms with Crippen LogP contribution in [0.15, 0.2) is 0 Å². The maximum atomic E-state index is 11.4. The van der Waals surface area contributed by atoms with Gasteiger partial charge in [0, 0.05) is 20.7 Å². The third-order valence-corrected chi connectivity index (χ3v) is 2.13. The normalized spacial score (nSPS) is 30.5. The Labute approximate surface area is 67.3 Å². The third kappa shape index (κ3) is 1.71. The molecule has 1 aliphatic rings. The molecule has 2 unspecified atom stereocenters. The molecule has 0 aromatic carbocycles. The summed E-state index contributed by atoms with van der Waals surface area (Å²) in [5.41, 5.74) is 0. The summed E-state index contributed by atoms with van der Waals surface area (Å²) in [5.74, 6) is 0.278. The van der Waals surface area contributed by atoms with Crippen LogP contribution in [0.2, 0.25) is 0 Å². The molecule has 1 amide bonds. The van der Waals surface area contributed by atoms with Gasteiger partial charge in [-0.15, -0.1) is 0 Å². The Balaban J connectivity index is 2.53. The fourth-order valence-corrected chi connectivity index (χ4v) is 1.39. The van der Waals surface area contributed by atoms with Crippen molar-refractivity contribution in [2.45, 2.75) is 19.4 Å². The van der Waals surface area contributed by atoms with Gasteiger partial charge in [-0.1, -0.05) is 0 Å². The molecule has 0 radical (unpaired) electrons. The molecule has 1 fully saturated rings. The van der Waals surface area contributed by atoms with E-state index in [1.54, 1.807) is 19.0 Å². The van der Waals surface area contributed by atoms with E-state index in [0.29, 0.717) is 0 Å². The van der Waals surface area contributed by atoms with Gasteiger partial charge in [0.05, 0.1) is 12.0 Å². The van der Waals surface area contributed by atoms with Gasteiger partial charge in [-0.2, -0.15) is 0 Å². The van der Waals surface area contributed by atoms with Crippen LogP contribution in [0, 0.1) is 5.92 Å². The second-order valence-electron chi connectivity index (χ2n) is 3.20. The number of carbonyl (C=O) groups excluding carboxylic acids is 1. The van der Waals surface area contributed by atoms with Crippen molar-refractivity contribution in [3.05, 3.63) is 0 Å². The minimum Gasteiger partial charge on any atom is -0.378 e. The summed E-state index contributed by atoms with van der Waals surface area (Å²) in [4.78, 5) is 13.0. The predicted octanol–water partition coefficient (Wildman–Crippen LogP) is 0.500. The van der Waals surface area contributed by atoms with Crippen LogP contribution in [0.4, 0.5) is 0 Å². The Hall–Kier alpha value is -0.570. The van der Waals surface area contributed by atoms with Crippen LogP contribution in [0.3, 0.4) is 0 Å². The monoisotopic (exact) mass is 157 g/mol. The van der Waals surface area contributed by atoms with E-state index in [1.165, 1.54) is 0 Å². The molecule has 1 rings (SSSR count). The van der Waals surface area contributed by atoms with Crippen molar-refractivity contribution in [1.29, 1.82) is 0 Å². The predicted molar refractivity (Wildman–Crippen MR) is 42.2 cm³/mol. The summed E-state index contributed by atoms with van der Waals surface area (Å²) in [6, 6.07) is 0. The zero-order valence-electron chi connectivity index (χ0n) is 7.33. The number of carbonyl (C=O) groups is 1. The van der Waals surface area contributed by atoms with Gasteiger partial charge in [-0.05, 0) is 13.3 Å². The Kier molecular flexibility index (Phi) is 2.49. The first kappa shape index (κ1) is 8.53. The molecule has 3 nitrogen and oxygen atoms in total. The summed E-state index contributed by atoms with van der Waals surface area (Å²) in [5, 5.41) is 0. The lowest BCUT2D eigenvalue weighted by atomic mass is 10.0. The van der Waals surface area contributed by atoms with Crippen LogP contribution in [0.1, 0.15) is 13.3 Å². The number of amides is 1. The van der Waals surface area contributed by atoms with Crippen molar-refractivity contribution < 1.29 is 9.53 Å². The SMILES string of the molecule is CC1OCCC1C(=O)N(C)C. The molecule has 3 heteroatoms. The standard InChI is InChI=1S/C8H15NO2/c1-6-7(4-5-11-6)8(10)9(2)3/h6-7H,4-5H2,1-3H3.